The van der Waals surface area contributed by atoms with Crippen molar-refractivity contribution in [2.24, 2.45) is 5.92 Å². The van der Waals surface area contributed by atoms with Gasteiger partial charge in [0.2, 0.25) is 5.91 Å². The van der Waals surface area contributed by atoms with Crippen molar-refractivity contribution in [2.45, 2.75) is 38.3 Å². The minimum Gasteiger partial charge on any atom is -0.376 e. The molecule has 1 aromatic carbocycles. The molecule has 120 valence electrons. The maximum absolute atomic E-state index is 12.4. The van der Waals surface area contributed by atoms with E-state index in [1.54, 1.807) is 0 Å². The average Bonchev–Trinajstić information content (AvgIpc) is 3.07. The number of nitrogens with zero attached hydrogens (tertiary/aromatic N) is 1. The van der Waals surface area contributed by atoms with E-state index >= 15 is 0 Å². The summed E-state index contributed by atoms with van der Waals surface area (Å²) in [5.41, 5.74) is 1.32. The largest absolute Gasteiger partial charge is 0.376 e. The Morgan fingerprint density at radius 3 is 2.86 bits per heavy atom. The lowest BCUT2D eigenvalue weighted by molar-refractivity contribution is -0.127. The first-order chi connectivity index (χ1) is 10.8. The number of carbonyl (C=O) groups excluding carboxylic acids is 1. The second-order valence-electron chi connectivity index (χ2n) is 6.44. The average molecular weight is 302 g/mol. The standard InChI is InChI=1S/C18H26N2O2/c21-18(19-12-17-9-5-11-22-17)16-8-4-10-20(14-16)13-15-6-2-1-3-7-15/h1-3,6-7,16-17H,4-5,8-14H2,(H,19,21). The molecule has 2 heterocycles. The minimum atomic E-state index is 0.124. The molecule has 2 fully saturated rings. The van der Waals surface area contributed by atoms with Gasteiger partial charge in [0, 0.05) is 26.2 Å². The topological polar surface area (TPSA) is 41.6 Å². The first-order valence-corrected chi connectivity index (χ1v) is 8.47. The van der Waals surface area contributed by atoms with E-state index in [2.05, 4.69) is 34.5 Å². The number of benzene rings is 1. The second kappa shape index (κ2) is 7.75. The van der Waals surface area contributed by atoms with Gasteiger partial charge in [-0.3, -0.25) is 9.69 Å². The van der Waals surface area contributed by atoms with Crippen molar-refractivity contribution in [1.29, 1.82) is 0 Å². The third-order valence-electron chi connectivity index (χ3n) is 4.65. The molecule has 1 N–H and O–H groups in total. The van der Waals surface area contributed by atoms with E-state index in [-0.39, 0.29) is 17.9 Å². The van der Waals surface area contributed by atoms with E-state index in [1.807, 2.05) is 6.07 Å². The predicted octanol–water partition coefficient (Wildman–Crippen LogP) is 2.19. The van der Waals surface area contributed by atoms with Crippen LogP contribution >= 0.6 is 0 Å². The highest BCUT2D eigenvalue weighted by Crippen LogP contribution is 2.19. The lowest BCUT2D eigenvalue weighted by atomic mass is 9.96. The fraction of sp³-hybridized carbons (Fsp3) is 0.611. The quantitative estimate of drug-likeness (QED) is 0.906. The van der Waals surface area contributed by atoms with Gasteiger partial charge < -0.3 is 10.1 Å². The Bertz CT molecular complexity index is 471. The molecular formula is C18H26N2O2. The molecular weight excluding hydrogens is 276 g/mol. The molecule has 2 unspecified atom stereocenters. The Labute approximate surface area is 132 Å². The lowest BCUT2D eigenvalue weighted by Crippen LogP contribution is -2.44. The van der Waals surface area contributed by atoms with Crippen LogP contribution in [0, 0.1) is 5.92 Å². The van der Waals surface area contributed by atoms with Gasteiger partial charge in [0.1, 0.15) is 0 Å². The normalized spacial score (nSPS) is 26.0. The zero-order valence-corrected chi connectivity index (χ0v) is 13.2. The minimum absolute atomic E-state index is 0.124. The number of hydrogen-bond donors (Lipinski definition) is 1. The highest BCUT2D eigenvalue weighted by atomic mass is 16.5. The molecule has 1 aromatic rings. The fourth-order valence-corrected chi connectivity index (χ4v) is 3.42. The van der Waals surface area contributed by atoms with Gasteiger partial charge in [0.05, 0.1) is 12.0 Å². The van der Waals surface area contributed by atoms with Crippen molar-refractivity contribution in [3.8, 4) is 0 Å². The Morgan fingerprint density at radius 2 is 2.09 bits per heavy atom. The van der Waals surface area contributed by atoms with Gasteiger partial charge in [-0.05, 0) is 37.8 Å². The van der Waals surface area contributed by atoms with Crippen molar-refractivity contribution < 1.29 is 9.53 Å². The number of likely N-dealkylation sites (tertiary alicyclic amines) is 1. The van der Waals surface area contributed by atoms with Gasteiger partial charge in [-0.15, -0.1) is 0 Å². The van der Waals surface area contributed by atoms with Gasteiger partial charge in [-0.2, -0.15) is 0 Å². The molecule has 0 aromatic heterocycles. The Kier molecular flexibility index (Phi) is 5.46. The summed E-state index contributed by atoms with van der Waals surface area (Å²) in [5, 5.41) is 3.09. The van der Waals surface area contributed by atoms with Crippen LogP contribution in [0.1, 0.15) is 31.2 Å². The van der Waals surface area contributed by atoms with Crippen molar-refractivity contribution in [3.05, 3.63) is 35.9 Å². The molecule has 2 aliphatic rings. The van der Waals surface area contributed by atoms with Gasteiger partial charge in [-0.1, -0.05) is 30.3 Å². The first-order valence-electron chi connectivity index (χ1n) is 8.47. The molecule has 2 aliphatic heterocycles. The number of carbonyl (C=O) groups is 1. The molecule has 3 rings (SSSR count). The molecule has 0 saturated carbocycles. The number of nitrogens with one attached hydrogen (secondary N) is 1. The van der Waals surface area contributed by atoms with Crippen molar-refractivity contribution >= 4 is 5.91 Å². The molecule has 0 aliphatic carbocycles. The number of piperidine rings is 1. The molecule has 4 nitrogen and oxygen atoms in total. The zero-order valence-electron chi connectivity index (χ0n) is 13.2. The number of ether oxygens (including phenoxy) is 1. The Balaban J connectivity index is 1.46. The van der Waals surface area contributed by atoms with Crippen LogP contribution in [0.25, 0.3) is 0 Å². The van der Waals surface area contributed by atoms with E-state index < -0.39 is 0 Å². The lowest BCUT2D eigenvalue weighted by Gasteiger charge is -2.32. The van der Waals surface area contributed by atoms with E-state index in [1.165, 1.54) is 5.56 Å². The summed E-state index contributed by atoms with van der Waals surface area (Å²) in [6.07, 6.45) is 4.53. The Morgan fingerprint density at radius 1 is 1.23 bits per heavy atom. The third-order valence-corrected chi connectivity index (χ3v) is 4.65. The zero-order chi connectivity index (χ0) is 15.2. The van der Waals surface area contributed by atoms with Crippen LogP contribution in [0.2, 0.25) is 0 Å². The number of rotatable bonds is 5. The van der Waals surface area contributed by atoms with Crippen LogP contribution in [-0.4, -0.2) is 43.2 Å². The van der Waals surface area contributed by atoms with Crippen molar-refractivity contribution in [2.75, 3.05) is 26.2 Å². The molecule has 1 amide bonds. The van der Waals surface area contributed by atoms with Crippen LogP contribution in [0.4, 0.5) is 0 Å². The molecule has 0 spiro atoms. The highest BCUT2D eigenvalue weighted by Gasteiger charge is 2.26. The predicted molar refractivity (Wildman–Crippen MR) is 86.4 cm³/mol. The van der Waals surface area contributed by atoms with E-state index in [0.717, 1.165) is 51.9 Å². The summed E-state index contributed by atoms with van der Waals surface area (Å²) in [6, 6.07) is 10.5. The summed E-state index contributed by atoms with van der Waals surface area (Å²) >= 11 is 0. The molecule has 0 bridgehead atoms. The smallest absolute Gasteiger partial charge is 0.224 e. The Hall–Kier alpha value is -1.39. The molecule has 4 heteroatoms. The van der Waals surface area contributed by atoms with Gasteiger partial charge in [0.25, 0.3) is 0 Å². The van der Waals surface area contributed by atoms with Crippen LogP contribution < -0.4 is 5.32 Å². The number of hydrogen-bond acceptors (Lipinski definition) is 3. The first kappa shape index (κ1) is 15.5. The van der Waals surface area contributed by atoms with Gasteiger partial charge >= 0.3 is 0 Å². The molecule has 2 atom stereocenters. The summed E-state index contributed by atoms with van der Waals surface area (Å²) in [6.45, 7) is 4.41. The van der Waals surface area contributed by atoms with Crippen molar-refractivity contribution in [1.82, 2.24) is 10.2 Å². The van der Waals surface area contributed by atoms with Crippen LogP contribution in [-0.2, 0) is 16.1 Å². The highest BCUT2D eigenvalue weighted by molar-refractivity contribution is 5.79. The van der Waals surface area contributed by atoms with Gasteiger partial charge in [-0.25, -0.2) is 0 Å². The van der Waals surface area contributed by atoms with Crippen LogP contribution in [0.3, 0.4) is 0 Å². The summed E-state index contributed by atoms with van der Waals surface area (Å²) in [4.78, 5) is 14.8. The summed E-state index contributed by atoms with van der Waals surface area (Å²) in [5.74, 6) is 0.326. The summed E-state index contributed by atoms with van der Waals surface area (Å²) < 4.78 is 5.57. The van der Waals surface area contributed by atoms with Crippen LogP contribution in [0.5, 0.6) is 0 Å². The maximum atomic E-state index is 12.4. The SMILES string of the molecule is O=C(NCC1CCCO1)C1CCCN(Cc2ccccc2)C1. The van der Waals surface area contributed by atoms with Crippen molar-refractivity contribution in [3.63, 3.8) is 0 Å². The third kappa shape index (κ3) is 4.31. The molecule has 22 heavy (non-hydrogen) atoms. The molecule has 0 radical (unpaired) electrons. The molecule has 2 saturated heterocycles. The van der Waals surface area contributed by atoms with Crippen LogP contribution in [0.15, 0.2) is 30.3 Å². The van der Waals surface area contributed by atoms with E-state index in [9.17, 15) is 4.79 Å². The fourth-order valence-electron chi connectivity index (χ4n) is 3.42. The van der Waals surface area contributed by atoms with E-state index in [0.29, 0.717) is 6.54 Å². The van der Waals surface area contributed by atoms with Gasteiger partial charge in [0.15, 0.2) is 0 Å². The maximum Gasteiger partial charge on any atom is 0.224 e. The number of amides is 1. The summed E-state index contributed by atoms with van der Waals surface area (Å²) in [7, 11) is 0. The monoisotopic (exact) mass is 302 g/mol. The second-order valence-corrected chi connectivity index (χ2v) is 6.44. The van der Waals surface area contributed by atoms with E-state index in [4.69, 9.17) is 4.74 Å².